The van der Waals surface area contributed by atoms with Gasteiger partial charge in [-0.3, -0.25) is 9.69 Å². The number of hydrogen-bond donors (Lipinski definition) is 1. The Hall–Kier alpha value is -3.14. The van der Waals surface area contributed by atoms with Gasteiger partial charge in [0, 0.05) is 16.9 Å². The predicted molar refractivity (Wildman–Crippen MR) is 92.5 cm³/mol. The van der Waals surface area contributed by atoms with E-state index in [2.05, 4.69) is 5.32 Å². The molecule has 0 radical (unpaired) electrons. The molecule has 118 valence electrons. The molecule has 0 aromatic heterocycles. The molecule has 3 aromatic rings. The first-order valence-corrected chi connectivity index (χ1v) is 7.74. The van der Waals surface area contributed by atoms with Crippen molar-refractivity contribution in [2.45, 2.75) is 6.17 Å². The number of fused-ring (bicyclic) bond motifs is 1. The molecule has 0 fully saturated rings. The molecule has 0 spiro atoms. The van der Waals surface area contributed by atoms with Crippen molar-refractivity contribution in [2.24, 2.45) is 0 Å². The summed E-state index contributed by atoms with van der Waals surface area (Å²) in [5.41, 5.74) is 2.44. The van der Waals surface area contributed by atoms with Crippen molar-refractivity contribution in [3.63, 3.8) is 0 Å². The lowest BCUT2D eigenvalue weighted by molar-refractivity contribution is 0.0974. The molecule has 24 heavy (non-hydrogen) atoms. The van der Waals surface area contributed by atoms with Gasteiger partial charge >= 0.3 is 0 Å². The summed E-state index contributed by atoms with van der Waals surface area (Å²) in [7, 11) is 0. The lowest BCUT2D eigenvalue weighted by Crippen LogP contribution is -2.43. The topological polar surface area (TPSA) is 32.3 Å². The van der Waals surface area contributed by atoms with Crippen LogP contribution in [0, 0.1) is 5.82 Å². The Kier molecular flexibility index (Phi) is 3.50. The highest BCUT2D eigenvalue weighted by Gasteiger charge is 2.34. The van der Waals surface area contributed by atoms with E-state index in [4.69, 9.17) is 0 Å². The van der Waals surface area contributed by atoms with Crippen molar-refractivity contribution < 1.29 is 9.18 Å². The second-order valence-corrected chi connectivity index (χ2v) is 5.62. The van der Waals surface area contributed by atoms with Crippen LogP contribution in [0.3, 0.4) is 0 Å². The van der Waals surface area contributed by atoms with E-state index in [1.807, 2.05) is 48.5 Å². The third-order valence-electron chi connectivity index (χ3n) is 4.16. The molecule has 0 saturated carbocycles. The number of para-hydroxylation sites is 2. The third kappa shape index (κ3) is 2.33. The molecule has 1 atom stereocenters. The average Bonchev–Trinajstić information content (AvgIpc) is 2.63. The molecule has 1 N–H and O–H groups in total. The van der Waals surface area contributed by atoms with Crippen molar-refractivity contribution in [1.29, 1.82) is 0 Å². The Balaban J connectivity index is 1.90. The van der Waals surface area contributed by atoms with E-state index in [0.29, 0.717) is 16.8 Å². The normalized spacial score (nSPS) is 16.5. The maximum absolute atomic E-state index is 14.4. The van der Waals surface area contributed by atoms with Crippen LogP contribution in [-0.2, 0) is 0 Å². The van der Waals surface area contributed by atoms with Gasteiger partial charge in [-0.25, -0.2) is 4.39 Å². The number of anilines is 2. The molecule has 3 aromatic carbocycles. The maximum atomic E-state index is 14.4. The lowest BCUT2D eigenvalue weighted by atomic mass is 10.0. The number of carbonyl (C=O) groups excluding carboxylic acids is 1. The van der Waals surface area contributed by atoms with Crippen LogP contribution in [0.15, 0.2) is 78.9 Å². The van der Waals surface area contributed by atoms with Crippen LogP contribution in [-0.4, -0.2) is 5.91 Å². The van der Waals surface area contributed by atoms with E-state index in [-0.39, 0.29) is 11.7 Å². The fourth-order valence-corrected chi connectivity index (χ4v) is 3.02. The summed E-state index contributed by atoms with van der Waals surface area (Å²) in [6.45, 7) is 0. The first-order chi connectivity index (χ1) is 11.8. The fourth-order valence-electron chi connectivity index (χ4n) is 3.02. The Morgan fingerprint density at radius 3 is 2.29 bits per heavy atom. The van der Waals surface area contributed by atoms with Crippen LogP contribution < -0.4 is 10.2 Å². The summed E-state index contributed by atoms with van der Waals surface area (Å²) in [4.78, 5) is 14.7. The van der Waals surface area contributed by atoms with Gasteiger partial charge in [-0.15, -0.1) is 0 Å². The van der Waals surface area contributed by atoms with Gasteiger partial charge in [-0.1, -0.05) is 48.5 Å². The van der Waals surface area contributed by atoms with E-state index in [0.717, 1.165) is 5.69 Å². The molecule has 0 aliphatic carbocycles. The number of amides is 1. The highest BCUT2D eigenvalue weighted by atomic mass is 19.1. The third-order valence-corrected chi connectivity index (χ3v) is 4.16. The standard InChI is InChI=1S/C20H15FN2O/c21-17-12-6-4-10-15(17)19-22-18-13-7-5-11-16(18)20(24)23(19)14-8-2-1-3-9-14/h1-13,19,22H/t19-/m0/s1. The van der Waals surface area contributed by atoms with Crippen LogP contribution in [0.5, 0.6) is 0 Å². The van der Waals surface area contributed by atoms with E-state index >= 15 is 0 Å². The average molecular weight is 318 g/mol. The maximum Gasteiger partial charge on any atom is 0.262 e. The summed E-state index contributed by atoms with van der Waals surface area (Å²) < 4.78 is 14.4. The minimum Gasteiger partial charge on any atom is -0.360 e. The number of nitrogens with zero attached hydrogens (tertiary/aromatic N) is 1. The zero-order chi connectivity index (χ0) is 16.5. The van der Waals surface area contributed by atoms with Crippen molar-refractivity contribution >= 4 is 17.3 Å². The van der Waals surface area contributed by atoms with Gasteiger partial charge in [0.05, 0.1) is 5.56 Å². The second kappa shape index (κ2) is 5.81. The van der Waals surface area contributed by atoms with Gasteiger partial charge in [0.15, 0.2) is 0 Å². The Morgan fingerprint density at radius 1 is 0.833 bits per heavy atom. The van der Waals surface area contributed by atoms with E-state index < -0.39 is 6.17 Å². The van der Waals surface area contributed by atoms with E-state index in [1.165, 1.54) is 6.07 Å². The monoisotopic (exact) mass is 318 g/mol. The number of hydrogen-bond acceptors (Lipinski definition) is 2. The summed E-state index contributed by atoms with van der Waals surface area (Å²) >= 11 is 0. The largest absolute Gasteiger partial charge is 0.360 e. The van der Waals surface area contributed by atoms with Gasteiger partial charge < -0.3 is 5.32 Å². The Bertz CT molecular complexity index is 895. The number of nitrogens with one attached hydrogen (secondary N) is 1. The summed E-state index contributed by atoms with van der Waals surface area (Å²) in [5, 5.41) is 3.30. The van der Waals surface area contributed by atoms with Crippen LogP contribution in [0.2, 0.25) is 0 Å². The second-order valence-electron chi connectivity index (χ2n) is 5.62. The minimum atomic E-state index is -0.601. The van der Waals surface area contributed by atoms with Crippen LogP contribution in [0.4, 0.5) is 15.8 Å². The molecular formula is C20H15FN2O. The summed E-state index contributed by atoms with van der Waals surface area (Å²) in [5.74, 6) is -0.494. The minimum absolute atomic E-state index is 0.149. The molecule has 0 unspecified atom stereocenters. The molecule has 1 aliphatic heterocycles. The molecule has 3 nitrogen and oxygen atoms in total. The first-order valence-electron chi connectivity index (χ1n) is 7.74. The molecule has 1 amide bonds. The molecular weight excluding hydrogens is 303 g/mol. The number of benzene rings is 3. The highest BCUT2D eigenvalue weighted by molar-refractivity contribution is 6.12. The molecule has 1 heterocycles. The van der Waals surface area contributed by atoms with E-state index in [9.17, 15) is 9.18 Å². The van der Waals surface area contributed by atoms with E-state index in [1.54, 1.807) is 29.2 Å². The fraction of sp³-hybridized carbons (Fsp3) is 0.0500. The number of halogens is 1. The quantitative estimate of drug-likeness (QED) is 0.749. The Morgan fingerprint density at radius 2 is 1.50 bits per heavy atom. The number of carbonyl (C=O) groups is 1. The summed E-state index contributed by atoms with van der Waals surface area (Å²) in [6.07, 6.45) is -0.601. The molecule has 4 rings (SSSR count). The van der Waals surface area contributed by atoms with Gasteiger partial charge in [0.25, 0.3) is 5.91 Å². The van der Waals surface area contributed by atoms with Crippen LogP contribution >= 0.6 is 0 Å². The zero-order valence-corrected chi connectivity index (χ0v) is 12.8. The van der Waals surface area contributed by atoms with Crippen molar-refractivity contribution in [1.82, 2.24) is 0 Å². The van der Waals surface area contributed by atoms with Crippen molar-refractivity contribution in [2.75, 3.05) is 10.2 Å². The van der Waals surface area contributed by atoms with Crippen molar-refractivity contribution in [3.05, 3.63) is 95.8 Å². The van der Waals surface area contributed by atoms with Gasteiger partial charge in [-0.2, -0.15) is 0 Å². The molecule has 0 saturated heterocycles. The smallest absolute Gasteiger partial charge is 0.262 e. The van der Waals surface area contributed by atoms with Crippen molar-refractivity contribution in [3.8, 4) is 0 Å². The number of rotatable bonds is 2. The molecule has 0 bridgehead atoms. The lowest BCUT2D eigenvalue weighted by Gasteiger charge is -2.38. The molecule has 1 aliphatic rings. The zero-order valence-electron chi connectivity index (χ0n) is 12.8. The van der Waals surface area contributed by atoms with Crippen LogP contribution in [0.1, 0.15) is 22.1 Å². The first kappa shape index (κ1) is 14.5. The highest BCUT2D eigenvalue weighted by Crippen LogP contribution is 2.37. The van der Waals surface area contributed by atoms with Crippen LogP contribution in [0.25, 0.3) is 0 Å². The van der Waals surface area contributed by atoms with Gasteiger partial charge in [0.1, 0.15) is 12.0 Å². The molecule has 4 heteroatoms. The van der Waals surface area contributed by atoms with Gasteiger partial charge in [0.2, 0.25) is 0 Å². The Labute approximate surface area is 139 Å². The van der Waals surface area contributed by atoms with Gasteiger partial charge in [-0.05, 0) is 30.3 Å². The SMILES string of the molecule is O=C1c2ccccc2N[C@H](c2ccccc2F)N1c1ccccc1. The summed E-state index contributed by atoms with van der Waals surface area (Å²) in [6, 6.07) is 23.1. The predicted octanol–water partition coefficient (Wildman–Crippen LogP) is 4.60.